The van der Waals surface area contributed by atoms with Gasteiger partial charge in [0.2, 0.25) is 11.6 Å². The van der Waals surface area contributed by atoms with Crippen LogP contribution >= 0.6 is 46.4 Å². The number of alkyl halides is 4. The van der Waals surface area contributed by atoms with Gasteiger partial charge in [0.25, 0.3) is 0 Å². The fourth-order valence-corrected chi connectivity index (χ4v) is 13.5. The van der Waals surface area contributed by atoms with Gasteiger partial charge in [0.05, 0.1) is 139 Å². The van der Waals surface area contributed by atoms with E-state index in [9.17, 15) is 81.7 Å². The summed E-state index contributed by atoms with van der Waals surface area (Å²) in [4.78, 5) is 0. The summed E-state index contributed by atoms with van der Waals surface area (Å²) in [6, 6.07) is 0. The number of aliphatic hydroxyl groups excluding tert-OH is 16. The summed E-state index contributed by atoms with van der Waals surface area (Å²) < 4.78 is 76.7. The Labute approximate surface area is 631 Å². The third-order valence-corrected chi connectivity index (χ3v) is 20.1. The first-order valence-electron chi connectivity index (χ1n) is 33.8. The Morgan fingerprint density at radius 1 is 0.380 bits per heavy atom. The molecule has 6 aliphatic rings. The second-order valence-corrected chi connectivity index (χ2v) is 27.9. The first-order chi connectivity index (χ1) is 51.7. The van der Waals surface area contributed by atoms with Crippen molar-refractivity contribution in [3.05, 3.63) is 71.3 Å². The van der Waals surface area contributed by atoms with Crippen LogP contribution in [0.1, 0.15) is 47.5 Å². The Morgan fingerprint density at radius 2 is 0.694 bits per heavy atom. The molecule has 28 atom stereocenters. The van der Waals surface area contributed by atoms with Crippen LogP contribution in [-0.4, -0.2) is 366 Å². The average Bonchev–Trinajstić information content (AvgIpc) is 1.58. The van der Waals surface area contributed by atoms with E-state index in [1.54, 1.807) is 36.5 Å². The van der Waals surface area contributed by atoms with E-state index in [1.165, 1.54) is 35.8 Å². The molecule has 6 aromatic heterocycles. The van der Waals surface area contributed by atoms with Crippen LogP contribution in [0, 0.1) is 0 Å². The van der Waals surface area contributed by atoms with Crippen LogP contribution in [0.2, 0.25) is 0 Å². The number of nitrogens with zero attached hydrogens (tertiary/aromatic N) is 18. The number of aliphatic hydroxyl groups is 16. The van der Waals surface area contributed by atoms with Gasteiger partial charge in [0.1, 0.15) is 156 Å². The average molecular weight is 1630 g/mol. The molecule has 604 valence electrons. The van der Waals surface area contributed by atoms with E-state index in [0.29, 0.717) is 40.7 Å². The normalized spacial score (nSPS) is 37.3. The maximum absolute atomic E-state index is 10.9. The lowest BCUT2D eigenvalue weighted by atomic mass is 9.99. The smallest absolute Gasteiger partial charge is 0.214 e. The molecular formula is C58H86Cl4N18O28. The van der Waals surface area contributed by atoms with E-state index in [-0.39, 0.29) is 65.8 Å². The van der Waals surface area contributed by atoms with Crippen LogP contribution in [-0.2, 0) is 136 Å². The van der Waals surface area contributed by atoms with Gasteiger partial charge in [-0.3, -0.25) is 9.36 Å². The van der Waals surface area contributed by atoms with Gasteiger partial charge in [0, 0.05) is 13.6 Å². The quantitative estimate of drug-likeness (QED) is 0.0174. The molecule has 0 saturated carbocycles. The van der Waals surface area contributed by atoms with Crippen molar-refractivity contribution in [1.82, 2.24) is 90.0 Å². The van der Waals surface area contributed by atoms with Crippen molar-refractivity contribution in [2.24, 2.45) is 7.05 Å². The number of ether oxygens (including phenoxy) is 12. The summed E-state index contributed by atoms with van der Waals surface area (Å²) in [7, 11) is 1.68. The Kier molecular flexibility index (Phi) is 28.9. The van der Waals surface area contributed by atoms with E-state index in [1.807, 2.05) is 6.92 Å². The number of rotatable bonds is 32. The van der Waals surface area contributed by atoms with Crippen molar-refractivity contribution in [3.63, 3.8) is 0 Å². The van der Waals surface area contributed by atoms with Gasteiger partial charge in [-0.15, -0.1) is 77.0 Å². The third kappa shape index (κ3) is 19.4. The second kappa shape index (κ2) is 37.2. The lowest BCUT2D eigenvalue weighted by Crippen LogP contribution is -2.61. The molecule has 12 heterocycles. The summed E-state index contributed by atoms with van der Waals surface area (Å²) in [6.07, 6.45) is -23.9. The van der Waals surface area contributed by atoms with Gasteiger partial charge in [-0.1, -0.05) is 38.2 Å². The predicted molar refractivity (Wildman–Crippen MR) is 349 cm³/mol. The van der Waals surface area contributed by atoms with Crippen LogP contribution < -0.4 is 0 Å². The van der Waals surface area contributed by atoms with Crippen molar-refractivity contribution < 1.29 is 139 Å². The Morgan fingerprint density at radius 3 is 1.04 bits per heavy atom. The number of aryl methyl sites for hydroxylation is 2. The van der Waals surface area contributed by atoms with Crippen LogP contribution in [0.25, 0.3) is 0 Å². The third-order valence-electron chi connectivity index (χ3n) is 18.2. The lowest BCUT2D eigenvalue weighted by Gasteiger charge is -2.43. The maximum Gasteiger partial charge on any atom is 0.214 e. The zero-order chi connectivity index (χ0) is 77.5. The van der Waals surface area contributed by atoms with Gasteiger partial charge >= 0.3 is 0 Å². The van der Waals surface area contributed by atoms with Gasteiger partial charge in [-0.25, -0.2) is 18.7 Å². The van der Waals surface area contributed by atoms with Crippen LogP contribution in [0.5, 0.6) is 0 Å². The predicted octanol–water partition coefficient (Wildman–Crippen LogP) is -9.41. The monoisotopic (exact) mass is 1620 g/mol. The standard InChI is InChI=1S/C30H45Cl2N9O14.C28H41Cl2N9O14/c1-2-3-39-4-16(35-36-39)12-51-28-26(48)24(46)21(43)17(52-28)7-40-5-14(33-37-40)10-50-11-15-6-41(38-34-15)8-18-22(44)27(49)30(13-31,54-18)55-29-25(47)23(45)20(32)19(9-42)53-29;1-37-2-12(31-34-37)10-49-26-24(46)22(44)19(41)15(50-26)5-38-3-13(32-35-38)8-48-9-14-4-39(36-33-14)6-16-20(42)25(47)28(11-29,52-16)53-27-23(45)21(43)18(30)17(7-40)51-27/h4-6,17-29,42-49H,2-3,7-13H2,1H3;2-4,15-27,40-47H,5-11H2,1H3/t17-,18-,19-,20+,21+,22-,23+,24+,25+,26+,27+,28-,29+,30+;15-,16-,17-,18+,19+,20+,21+,22+,23-,24+,25+,26-,27-,28+/m11/s1. The Hall–Kier alpha value is -5.12. The zero-order valence-corrected chi connectivity index (χ0v) is 60.4. The Balaban J connectivity index is 0.000000215. The van der Waals surface area contributed by atoms with E-state index in [2.05, 4.69) is 61.9 Å². The zero-order valence-electron chi connectivity index (χ0n) is 57.4. The largest absolute Gasteiger partial charge is 0.394 e. The highest BCUT2D eigenvalue weighted by Crippen LogP contribution is 2.41. The van der Waals surface area contributed by atoms with Gasteiger partial charge in [-0.05, 0) is 6.42 Å². The fourth-order valence-electron chi connectivity index (χ4n) is 12.3. The molecule has 0 aromatic carbocycles. The van der Waals surface area contributed by atoms with Crippen molar-refractivity contribution in [2.75, 3.05) is 25.0 Å². The summed E-state index contributed by atoms with van der Waals surface area (Å²) in [6.45, 7) is 1.09. The minimum absolute atomic E-state index is 0.00371. The van der Waals surface area contributed by atoms with Crippen molar-refractivity contribution in [3.8, 4) is 0 Å². The van der Waals surface area contributed by atoms with Crippen molar-refractivity contribution in [1.29, 1.82) is 0 Å². The summed E-state index contributed by atoms with van der Waals surface area (Å²) in [5.74, 6) is -5.18. The number of aromatic nitrogens is 18. The van der Waals surface area contributed by atoms with E-state index in [4.69, 9.17) is 103 Å². The van der Waals surface area contributed by atoms with Gasteiger partial charge < -0.3 is 139 Å². The molecule has 0 spiro atoms. The number of hydrogen-bond acceptors (Lipinski definition) is 40. The number of halogens is 4. The highest BCUT2D eigenvalue weighted by molar-refractivity contribution is 6.22. The molecule has 6 aliphatic heterocycles. The van der Waals surface area contributed by atoms with Crippen molar-refractivity contribution >= 4 is 46.4 Å². The van der Waals surface area contributed by atoms with Crippen molar-refractivity contribution in [2.45, 2.75) is 255 Å². The SMILES string of the molecule is CCCn1cc(CO[C@@H]2O[C@H](Cn3cc(COCc4cn(C[C@H]5O[C@@](CCl)(O[C@@H]6O[C@H](CO)[C@H](Cl)[C@H](O)[C@@H]6O)[C@@H](O)[C@@H]5O)nn4)nn3)[C@H](O)[C@H](O)[C@@H]2O)nn1.Cn1cc(CO[C@@H]2O[C@H](Cn3cc(COCc4cn(C[C@H]5O[C@@](CCl)(O[C@H]6O[C@H](CO)[C@H](Cl)[C@H](O)[C@H]6O)[C@@H](O)[C@H]5O)nn4)nn3)[C@H](O)[C@H](O)[C@@H]2O)nn1. The highest BCUT2D eigenvalue weighted by Gasteiger charge is 2.60. The topological polar surface area (TPSA) is 619 Å². The summed E-state index contributed by atoms with van der Waals surface area (Å²) in [5, 5.41) is 212. The van der Waals surface area contributed by atoms with Gasteiger partial charge in [0.15, 0.2) is 25.2 Å². The molecule has 12 rings (SSSR count). The minimum Gasteiger partial charge on any atom is -0.394 e. The number of hydrogen-bond donors (Lipinski definition) is 16. The molecule has 0 aliphatic carbocycles. The lowest BCUT2D eigenvalue weighted by molar-refractivity contribution is -0.359. The highest BCUT2D eigenvalue weighted by atomic mass is 35.5. The van der Waals surface area contributed by atoms with Crippen LogP contribution in [0.3, 0.4) is 0 Å². The molecule has 0 bridgehead atoms. The van der Waals surface area contributed by atoms with E-state index < -0.39 is 195 Å². The van der Waals surface area contributed by atoms with Crippen LogP contribution in [0.4, 0.5) is 0 Å². The first kappa shape index (κ1) is 83.8. The molecule has 6 fully saturated rings. The molecule has 6 aromatic rings. The molecule has 0 radical (unpaired) electrons. The summed E-state index contributed by atoms with van der Waals surface area (Å²) in [5.41, 5.74) is 2.60. The van der Waals surface area contributed by atoms with Crippen LogP contribution in [0.15, 0.2) is 37.2 Å². The fraction of sp³-hybridized carbons (Fsp3) is 0.793. The summed E-state index contributed by atoms with van der Waals surface area (Å²) >= 11 is 24.3. The Bertz CT molecular complexity index is 3740. The van der Waals surface area contributed by atoms with E-state index in [0.717, 1.165) is 6.42 Å². The molecule has 46 nitrogen and oxygen atoms in total. The minimum atomic E-state index is -2.07. The second-order valence-electron chi connectivity index (χ2n) is 26.3. The molecule has 6 saturated heterocycles. The molecular weight excluding hydrogens is 1540 g/mol. The molecule has 50 heteroatoms. The first-order valence-corrected chi connectivity index (χ1v) is 35.8. The molecule has 108 heavy (non-hydrogen) atoms. The maximum atomic E-state index is 10.9. The molecule has 0 unspecified atom stereocenters. The van der Waals surface area contributed by atoms with Gasteiger partial charge in [-0.2, -0.15) is 0 Å². The van der Waals surface area contributed by atoms with E-state index >= 15 is 0 Å². The molecule has 16 N–H and O–H groups in total. The molecule has 0 amide bonds.